The lowest BCUT2D eigenvalue weighted by molar-refractivity contribution is 0.527. The Kier molecular flexibility index (Phi) is 2.54. The molecule has 0 N–H and O–H groups in total. The fourth-order valence-electron chi connectivity index (χ4n) is 1.40. The lowest BCUT2D eigenvalue weighted by Gasteiger charge is -2.05. The summed E-state index contributed by atoms with van der Waals surface area (Å²) in [5.41, 5.74) is 0.856. The minimum absolute atomic E-state index is 0.327. The van der Waals surface area contributed by atoms with Gasteiger partial charge < -0.3 is 0 Å². The predicted molar refractivity (Wildman–Crippen MR) is 62.8 cm³/mol. The van der Waals surface area contributed by atoms with E-state index >= 15 is 0 Å². The van der Waals surface area contributed by atoms with E-state index in [9.17, 15) is 0 Å². The maximum atomic E-state index is 6.05. The number of fused-ring (bicyclic) bond motifs is 1. The van der Waals surface area contributed by atoms with Crippen molar-refractivity contribution in [2.75, 3.05) is 0 Å². The summed E-state index contributed by atoms with van der Waals surface area (Å²) in [7, 11) is 0. The highest BCUT2D eigenvalue weighted by molar-refractivity contribution is 9.10. The Morgan fingerprint density at radius 1 is 1.43 bits per heavy atom. The molecule has 0 aliphatic rings. The van der Waals surface area contributed by atoms with Gasteiger partial charge in [0.05, 0.1) is 5.02 Å². The quantitative estimate of drug-likeness (QED) is 0.767. The van der Waals surface area contributed by atoms with Crippen molar-refractivity contribution in [2.24, 2.45) is 0 Å². The molecule has 0 saturated carbocycles. The maximum absolute atomic E-state index is 6.05. The third kappa shape index (κ3) is 1.44. The molecule has 1 heterocycles. The van der Waals surface area contributed by atoms with Gasteiger partial charge >= 0.3 is 0 Å². The standard InChI is InChI=1S/C10H10BrClN2/c1-6(2)14-10(11)7-4-3-5-8(12)9(7)13-14/h3-6H,1-2H3. The average molecular weight is 274 g/mol. The van der Waals surface area contributed by atoms with E-state index in [2.05, 4.69) is 34.9 Å². The first-order chi connectivity index (χ1) is 6.61. The lowest BCUT2D eigenvalue weighted by Crippen LogP contribution is -2.02. The number of halogens is 2. The van der Waals surface area contributed by atoms with Crippen LogP contribution in [0.2, 0.25) is 5.02 Å². The molecule has 2 nitrogen and oxygen atoms in total. The average Bonchev–Trinajstić information content (AvgIpc) is 2.46. The number of hydrogen-bond acceptors (Lipinski definition) is 1. The van der Waals surface area contributed by atoms with Gasteiger partial charge in [-0.1, -0.05) is 17.7 Å². The first kappa shape index (κ1) is 9.99. The summed E-state index contributed by atoms with van der Waals surface area (Å²) in [6, 6.07) is 6.13. The Bertz CT molecular complexity index is 476. The van der Waals surface area contributed by atoms with E-state index in [-0.39, 0.29) is 0 Å². The zero-order valence-corrected chi connectivity index (χ0v) is 10.3. The number of benzene rings is 1. The van der Waals surface area contributed by atoms with Gasteiger partial charge in [0.1, 0.15) is 10.1 Å². The molecule has 0 spiro atoms. The van der Waals surface area contributed by atoms with Crippen molar-refractivity contribution in [3.63, 3.8) is 0 Å². The van der Waals surface area contributed by atoms with E-state index in [0.717, 1.165) is 15.5 Å². The molecule has 0 aliphatic carbocycles. The number of hydrogen-bond donors (Lipinski definition) is 0. The fraction of sp³-hybridized carbons (Fsp3) is 0.300. The summed E-state index contributed by atoms with van der Waals surface area (Å²) in [6.07, 6.45) is 0. The first-order valence-corrected chi connectivity index (χ1v) is 5.60. The minimum Gasteiger partial charge on any atom is -0.255 e. The van der Waals surface area contributed by atoms with Gasteiger partial charge in [-0.05, 0) is 41.9 Å². The van der Waals surface area contributed by atoms with Gasteiger partial charge in [0.25, 0.3) is 0 Å². The van der Waals surface area contributed by atoms with Gasteiger partial charge in [0.2, 0.25) is 0 Å². The highest BCUT2D eigenvalue weighted by Crippen LogP contribution is 2.30. The van der Waals surface area contributed by atoms with E-state index in [0.29, 0.717) is 11.1 Å². The van der Waals surface area contributed by atoms with Crippen molar-refractivity contribution in [1.82, 2.24) is 9.78 Å². The maximum Gasteiger partial charge on any atom is 0.112 e. The summed E-state index contributed by atoms with van der Waals surface area (Å²) in [5, 5.41) is 6.21. The van der Waals surface area contributed by atoms with Crippen LogP contribution in [0, 0.1) is 0 Å². The fourth-order valence-corrected chi connectivity index (χ4v) is 2.42. The monoisotopic (exact) mass is 272 g/mol. The normalized spacial score (nSPS) is 11.5. The van der Waals surface area contributed by atoms with Crippen LogP contribution in [-0.2, 0) is 0 Å². The predicted octanol–water partition coefficient (Wildman–Crippen LogP) is 4.03. The second-order valence-corrected chi connectivity index (χ2v) is 4.62. The van der Waals surface area contributed by atoms with Gasteiger partial charge in [0, 0.05) is 11.4 Å². The molecule has 1 aromatic heterocycles. The van der Waals surface area contributed by atoms with Crippen LogP contribution < -0.4 is 0 Å². The van der Waals surface area contributed by atoms with Crippen molar-refractivity contribution in [1.29, 1.82) is 0 Å². The van der Waals surface area contributed by atoms with Crippen molar-refractivity contribution in [2.45, 2.75) is 19.9 Å². The van der Waals surface area contributed by atoms with E-state index in [1.54, 1.807) is 0 Å². The molecule has 0 saturated heterocycles. The second-order valence-electron chi connectivity index (χ2n) is 3.47. The number of rotatable bonds is 1. The molecule has 0 bridgehead atoms. The molecule has 0 unspecified atom stereocenters. The molecule has 0 fully saturated rings. The molecule has 0 radical (unpaired) electrons. The van der Waals surface area contributed by atoms with Gasteiger partial charge in [-0.25, -0.2) is 0 Å². The third-order valence-corrected chi connectivity index (χ3v) is 3.20. The Morgan fingerprint density at radius 2 is 2.14 bits per heavy atom. The molecule has 0 amide bonds. The molecule has 0 aliphatic heterocycles. The third-order valence-electron chi connectivity index (χ3n) is 2.11. The van der Waals surface area contributed by atoms with Crippen LogP contribution in [0.5, 0.6) is 0 Å². The smallest absolute Gasteiger partial charge is 0.112 e. The van der Waals surface area contributed by atoms with Crippen molar-refractivity contribution in [3.05, 3.63) is 27.8 Å². The van der Waals surface area contributed by atoms with Crippen LogP contribution in [0.15, 0.2) is 22.8 Å². The summed E-state index contributed by atoms with van der Waals surface area (Å²) in [6.45, 7) is 4.18. The topological polar surface area (TPSA) is 17.8 Å². The van der Waals surface area contributed by atoms with Gasteiger partial charge in [-0.2, -0.15) is 5.10 Å². The van der Waals surface area contributed by atoms with Gasteiger partial charge in [0.15, 0.2) is 0 Å². The molecule has 74 valence electrons. The molecule has 14 heavy (non-hydrogen) atoms. The van der Waals surface area contributed by atoms with Crippen molar-refractivity contribution >= 4 is 38.4 Å². The second kappa shape index (κ2) is 3.55. The van der Waals surface area contributed by atoms with Crippen molar-refractivity contribution < 1.29 is 0 Å². The Balaban J connectivity index is 2.80. The van der Waals surface area contributed by atoms with Crippen LogP contribution in [-0.4, -0.2) is 9.78 Å². The Labute approximate surface area is 96.0 Å². The summed E-state index contributed by atoms with van der Waals surface area (Å²) in [5.74, 6) is 0. The number of aromatic nitrogens is 2. The zero-order chi connectivity index (χ0) is 10.3. The SMILES string of the molecule is CC(C)n1nc2c(Cl)cccc2c1Br. The number of nitrogens with zero attached hydrogens (tertiary/aromatic N) is 2. The van der Waals surface area contributed by atoms with E-state index in [1.165, 1.54) is 0 Å². The van der Waals surface area contributed by atoms with E-state index < -0.39 is 0 Å². The Hall–Kier alpha value is -0.540. The van der Waals surface area contributed by atoms with Crippen molar-refractivity contribution in [3.8, 4) is 0 Å². The molecular formula is C10H10BrClN2. The van der Waals surface area contributed by atoms with Crippen LogP contribution in [0.4, 0.5) is 0 Å². The molecule has 2 rings (SSSR count). The summed E-state index contributed by atoms with van der Waals surface area (Å²) >= 11 is 9.58. The molecule has 2 aromatic rings. The van der Waals surface area contributed by atoms with Crippen LogP contribution in [0.3, 0.4) is 0 Å². The zero-order valence-electron chi connectivity index (χ0n) is 7.96. The minimum atomic E-state index is 0.327. The van der Waals surface area contributed by atoms with Gasteiger partial charge in [-0.15, -0.1) is 0 Å². The van der Waals surface area contributed by atoms with Crippen LogP contribution in [0.25, 0.3) is 10.9 Å². The van der Waals surface area contributed by atoms with Gasteiger partial charge in [-0.3, -0.25) is 4.68 Å². The van der Waals surface area contributed by atoms with Crippen LogP contribution >= 0.6 is 27.5 Å². The highest BCUT2D eigenvalue weighted by atomic mass is 79.9. The molecule has 4 heteroatoms. The molecular weight excluding hydrogens is 263 g/mol. The first-order valence-electron chi connectivity index (χ1n) is 4.43. The summed E-state index contributed by atoms with van der Waals surface area (Å²) in [4.78, 5) is 0. The molecule has 1 aromatic carbocycles. The highest BCUT2D eigenvalue weighted by Gasteiger charge is 2.12. The van der Waals surface area contributed by atoms with E-state index in [4.69, 9.17) is 11.6 Å². The largest absolute Gasteiger partial charge is 0.255 e. The van der Waals surface area contributed by atoms with E-state index in [1.807, 2.05) is 22.9 Å². The molecule has 0 atom stereocenters. The van der Waals surface area contributed by atoms with Crippen LogP contribution in [0.1, 0.15) is 19.9 Å². The lowest BCUT2D eigenvalue weighted by atomic mass is 10.3. The Morgan fingerprint density at radius 3 is 2.71 bits per heavy atom. The summed E-state index contributed by atoms with van der Waals surface area (Å²) < 4.78 is 2.92.